The van der Waals surface area contributed by atoms with Crippen LogP contribution in [0.2, 0.25) is 0 Å². The van der Waals surface area contributed by atoms with E-state index in [1.807, 2.05) is 26.0 Å². The first-order valence-corrected chi connectivity index (χ1v) is 5.15. The zero-order valence-electron chi connectivity index (χ0n) is 8.83. The van der Waals surface area contributed by atoms with Crippen LogP contribution in [-0.2, 0) is 16.0 Å². The Labute approximate surface area is 88.6 Å². The van der Waals surface area contributed by atoms with Gasteiger partial charge in [-0.1, -0.05) is 24.3 Å². The summed E-state index contributed by atoms with van der Waals surface area (Å²) in [7, 11) is 0. The van der Waals surface area contributed by atoms with E-state index in [1.54, 1.807) is 0 Å². The van der Waals surface area contributed by atoms with Gasteiger partial charge in [-0.3, -0.25) is 0 Å². The molecule has 0 fully saturated rings. The Morgan fingerprint density at radius 1 is 1.33 bits per heavy atom. The summed E-state index contributed by atoms with van der Waals surface area (Å²) in [6.07, 6.45) is 0.807. The zero-order chi connectivity index (χ0) is 10.6. The van der Waals surface area contributed by atoms with Gasteiger partial charge in [-0.05, 0) is 25.0 Å². The number of hydrogen-bond acceptors (Lipinski definition) is 2. The molecule has 0 amide bonds. The van der Waals surface area contributed by atoms with Crippen molar-refractivity contribution in [2.45, 2.75) is 25.9 Å². The quantitative estimate of drug-likeness (QED) is 0.601. The van der Waals surface area contributed by atoms with Crippen LogP contribution >= 0.6 is 0 Å². The lowest BCUT2D eigenvalue weighted by Crippen LogP contribution is -2.25. The van der Waals surface area contributed by atoms with Crippen molar-refractivity contribution in [3.8, 4) is 0 Å². The Bertz CT molecular complexity index is 499. The van der Waals surface area contributed by atoms with Crippen LogP contribution in [0.1, 0.15) is 25.0 Å². The number of fused-ring (bicyclic) bond motifs is 3. The predicted octanol–water partition coefficient (Wildman–Crippen LogP) is 2.33. The van der Waals surface area contributed by atoms with E-state index >= 15 is 0 Å². The lowest BCUT2D eigenvalue weighted by atomic mass is 9.95. The minimum atomic E-state index is -0.412. The first-order chi connectivity index (χ1) is 7.12. The summed E-state index contributed by atoms with van der Waals surface area (Å²) in [6, 6.07) is 8.21. The van der Waals surface area contributed by atoms with Gasteiger partial charge in [0, 0.05) is 17.6 Å². The largest absolute Gasteiger partial charge is 0.451 e. The normalized spacial score (nSPS) is 27.7. The van der Waals surface area contributed by atoms with Crippen molar-refractivity contribution in [1.82, 2.24) is 0 Å². The van der Waals surface area contributed by atoms with Crippen LogP contribution in [0.5, 0.6) is 0 Å². The first-order valence-electron chi connectivity index (χ1n) is 5.15. The molecule has 1 atom stereocenters. The van der Waals surface area contributed by atoms with Crippen LogP contribution < -0.4 is 0 Å². The highest BCUT2D eigenvalue weighted by atomic mass is 16.6. The second-order valence-electron chi connectivity index (χ2n) is 4.45. The SMILES string of the molecule is CC1=C2c3ccccc3CC2(C)OC1=O. The molecule has 0 spiro atoms. The van der Waals surface area contributed by atoms with Gasteiger partial charge in [-0.25, -0.2) is 4.79 Å². The molecule has 1 unspecified atom stereocenters. The molecule has 76 valence electrons. The van der Waals surface area contributed by atoms with Crippen molar-refractivity contribution in [1.29, 1.82) is 0 Å². The summed E-state index contributed by atoms with van der Waals surface area (Å²) in [5, 5.41) is 0. The molecule has 1 aromatic carbocycles. The Morgan fingerprint density at radius 2 is 2.07 bits per heavy atom. The molecule has 1 aromatic rings. The standard InChI is InChI=1S/C13H12O2/c1-8-11-10-6-4-3-5-9(10)7-13(11,2)15-12(8)14/h3-6H,7H2,1-2H3. The summed E-state index contributed by atoms with van der Waals surface area (Å²) in [6.45, 7) is 3.85. The molecular weight excluding hydrogens is 188 g/mol. The maximum atomic E-state index is 11.5. The maximum Gasteiger partial charge on any atom is 0.335 e. The van der Waals surface area contributed by atoms with Crippen LogP contribution in [0.3, 0.4) is 0 Å². The lowest BCUT2D eigenvalue weighted by molar-refractivity contribution is -0.144. The third-order valence-electron chi connectivity index (χ3n) is 3.34. The van der Waals surface area contributed by atoms with Crippen LogP contribution in [0.25, 0.3) is 5.57 Å². The summed E-state index contributed by atoms with van der Waals surface area (Å²) in [5.41, 5.74) is 3.90. The minimum absolute atomic E-state index is 0.165. The molecule has 15 heavy (non-hydrogen) atoms. The van der Waals surface area contributed by atoms with Gasteiger partial charge in [-0.2, -0.15) is 0 Å². The molecule has 0 saturated heterocycles. The smallest absolute Gasteiger partial charge is 0.335 e. The van der Waals surface area contributed by atoms with Crippen molar-refractivity contribution in [3.05, 3.63) is 41.0 Å². The molecule has 2 aliphatic rings. The molecule has 1 aliphatic carbocycles. The van der Waals surface area contributed by atoms with E-state index in [-0.39, 0.29) is 5.97 Å². The monoisotopic (exact) mass is 200 g/mol. The topological polar surface area (TPSA) is 26.3 Å². The number of ether oxygens (including phenoxy) is 1. The van der Waals surface area contributed by atoms with E-state index in [0.29, 0.717) is 0 Å². The highest BCUT2D eigenvalue weighted by molar-refractivity contribution is 6.05. The number of rotatable bonds is 0. The first kappa shape index (κ1) is 8.72. The molecule has 0 aromatic heterocycles. The fourth-order valence-electron chi connectivity index (χ4n) is 2.72. The molecule has 0 radical (unpaired) electrons. The van der Waals surface area contributed by atoms with Gasteiger partial charge in [0.1, 0.15) is 5.60 Å². The van der Waals surface area contributed by atoms with Crippen molar-refractivity contribution in [2.75, 3.05) is 0 Å². The lowest BCUT2D eigenvalue weighted by Gasteiger charge is -2.19. The maximum absolute atomic E-state index is 11.5. The predicted molar refractivity (Wildman–Crippen MR) is 57.2 cm³/mol. The van der Waals surface area contributed by atoms with E-state index in [4.69, 9.17) is 4.74 Å². The molecule has 0 saturated carbocycles. The number of hydrogen-bond donors (Lipinski definition) is 0. The second kappa shape index (κ2) is 2.51. The minimum Gasteiger partial charge on any atom is -0.451 e. The van der Waals surface area contributed by atoms with Crippen molar-refractivity contribution < 1.29 is 9.53 Å². The van der Waals surface area contributed by atoms with Gasteiger partial charge in [0.2, 0.25) is 0 Å². The van der Waals surface area contributed by atoms with E-state index in [9.17, 15) is 4.79 Å². The van der Waals surface area contributed by atoms with Crippen LogP contribution in [0.4, 0.5) is 0 Å². The van der Waals surface area contributed by atoms with Crippen LogP contribution in [-0.4, -0.2) is 11.6 Å². The highest BCUT2D eigenvalue weighted by Gasteiger charge is 2.47. The Balaban J connectivity index is 2.30. The van der Waals surface area contributed by atoms with Crippen molar-refractivity contribution in [3.63, 3.8) is 0 Å². The van der Waals surface area contributed by atoms with Gasteiger partial charge < -0.3 is 4.74 Å². The fourth-order valence-corrected chi connectivity index (χ4v) is 2.72. The molecule has 1 heterocycles. The summed E-state index contributed by atoms with van der Waals surface area (Å²) < 4.78 is 5.45. The van der Waals surface area contributed by atoms with E-state index in [1.165, 1.54) is 11.1 Å². The Morgan fingerprint density at radius 3 is 2.87 bits per heavy atom. The Hall–Kier alpha value is -1.57. The van der Waals surface area contributed by atoms with Gasteiger partial charge in [0.25, 0.3) is 0 Å². The molecule has 2 nitrogen and oxygen atoms in total. The summed E-state index contributed by atoms with van der Waals surface area (Å²) >= 11 is 0. The average molecular weight is 200 g/mol. The fraction of sp³-hybridized carbons (Fsp3) is 0.308. The third kappa shape index (κ3) is 0.965. The van der Waals surface area contributed by atoms with Gasteiger partial charge >= 0.3 is 5.97 Å². The van der Waals surface area contributed by atoms with Crippen molar-refractivity contribution >= 4 is 11.5 Å². The zero-order valence-corrected chi connectivity index (χ0v) is 8.83. The molecule has 2 heteroatoms. The van der Waals surface area contributed by atoms with E-state index < -0.39 is 5.60 Å². The number of carbonyl (C=O) groups is 1. The molecule has 3 rings (SSSR count). The molecule has 0 bridgehead atoms. The van der Waals surface area contributed by atoms with Crippen LogP contribution in [0, 0.1) is 0 Å². The van der Waals surface area contributed by atoms with E-state index in [0.717, 1.165) is 17.6 Å². The van der Waals surface area contributed by atoms with Gasteiger partial charge in [-0.15, -0.1) is 0 Å². The number of esters is 1. The second-order valence-corrected chi connectivity index (χ2v) is 4.45. The molecule has 0 N–H and O–H groups in total. The number of benzene rings is 1. The number of carbonyl (C=O) groups excluding carboxylic acids is 1. The van der Waals surface area contributed by atoms with Gasteiger partial charge in [0.05, 0.1) is 0 Å². The average Bonchev–Trinajstić information content (AvgIpc) is 2.58. The molecular formula is C13H12O2. The Kier molecular flexibility index (Phi) is 1.46. The summed E-state index contributed by atoms with van der Waals surface area (Å²) in [4.78, 5) is 11.5. The third-order valence-corrected chi connectivity index (χ3v) is 3.34. The van der Waals surface area contributed by atoms with Gasteiger partial charge in [0.15, 0.2) is 0 Å². The van der Waals surface area contributed by atoms with E-state index in [2.05, 4.69) is 12.1 Å². The molecule has 1 aliphatic heterocycles. The summed E-state index contributed by atoms with van der Waals surface area (Å²) in [5.74, 6) is -0.165. The van der Waals surface area contributed by atoms with Crippen LogP contribution in [0.15, 0.2) is 29.8 Å². The highest BCUT2D eigenvalue weighted by Crippen LogP contribution is 2.48. The van der Waals surface area contributed by atoms with Crippen molar-refractivity contribution in [2.24, 2.45) is 0 Å².